The van der Waals surface area contributed by atoms with E-state index in [9.17, 15) is 13.6 Å². The maximum absolute atomic E-state index is 13.2. The number of pyridine rings is 1. The van der Waals surface area contributed by atoms with Crippen LogP contribution in [0.3, 0.4) is 0 Å². The van der Waals surface area contributed by atoms with Crippen LogP contribution in [0.2, 0.25) is 0 Å². The van der Waals surface area contributed by atoms with Gasteiger partial charge in [0.2, 0.25) is 5.91 Å². The van der Waals surface area contributed by atoms with Crippen molar-refractivity contribution in [3.8, 4) is 11.5 Å². The Labute approximate surface area is 184 Å². The van der Waals surface area contributed by atoms with Crippen molar-refractivity contribution < 1.29 is 23.0 Å². The minimum Gasteiger partial charge on any atom is -0.395 e. The molecule has 32 heavy (non-hydrogen) atoms. The van der Waals surface area contributed by atoms with Gasteiger partial charge in [-0.2, -0.15) is 0 Å². The van der Waals surface area contributed by atoms with Crippen molar-refractivity contribution in [3.05, 3.63) is 60.3 Å². The summed E-state index contributed by atoms with van der Waals surface area (Å²) in [5.74, 6) is 0.321. The number of amides is 1. The molecule has 2 aromatic carbocycles. The van der Waals surface area contributed by atoms with Crippen molar-refractivity contribution in [2.24, 2.45) is 11.8 Å². The van der Waals surface area contributed by atoms with Crippen LogP contribution in [0, 0.1) is 11.8 Å². The second-order valence-corrected chi connectivity index (χ2v) is 8.64. The van der Waals surface area contributed by atoms with E-state index < -0.39 is 6.29 Å². The lowest BCUT2D eigenvalue weighted by molar-refractivity contribution is -0.286. The highest BCUT2D eigenvalue weighted by atomic mass is 19.3. The first-order valence-corrected chi connectivity index (χ1v) is 10.9. The van der Waals surface area contributed by atoms with Crippen LogP contribution in [0.1, 0.15) is 44.1 Å². The SMILES string of the molecule is C[C@@H](C(=O)Nc1ccc2c(c1)OC(F)(F)O2)[C@H]1CC[C@H](c2ccnc3ccccc32)CC1. The minimum absolute atomic E-state index is 0.0389. The first-order valence-electron chi connectivity index (χ1n) is 10.9. The van der Waals surface area contributed by atoms with Gasteiger partial charge in [0.05, 0.1) is 5.52 Å². The van der Waals surface area contributed by atoms with Crippen molar-refractivity contribution in [1.29, 1.82) is 0 Å². The van der Waals surface area contributed by atoms with E-state index in [4.69, 9.17) is 0 Å². The topological polar surface area (TPSA) is 60.5 Å². The minimum atomic E-state index is -3.67. The molecule has 0 unspecified atom stereocenters. The summed E-state index contributed by atoms with van der Waals surface area (Å²) in [4.78, 5) is 17.3. The molecule has 1 saturated carbocycles. The molecule has 1 aliphatic carbocycles. The fourth-order valence-corrected chi connectivity index (χ4v) is 4.90. The Bertz CT molecular complexity index is 1150. The monoisotopic (exact) mass is 438 g/mol. The average molecular weight is 438 g/mol. The van der Waals surface area contributed by atoms with E-state index in [-0.39, 0.29) is 29.2 Å². The van der Waals surface area contributed by atoms with Crippen LogP contribution in [0.25, 0.3) is 10.9 Å². The summed E-state index contributed by atoms with van der Waals surface area (Å²) in [7, 11) is 0. The normalized spacial score (nSPS) is 22.5. The van der Waals surface area contributed by atoms with Crippen molar-refractivity contribution in [1.82, 2.24) is 4.98 Å². The van der Waals surface area contributed by atoms with Gasteiger partial charge in [-0.25, -0.2) is 0 Å². The molecule has 7 heteroatoms. The summed E-state index contributed by atoms with van der Waals surface area (Å²) < 4.78 is 35.3. The van der Waals surface area contributed by atoms with E-state index in [1.165, 1.54) is 23.1 Å². The molecule has 3 aromatic rings. The van der Waals surface area contributed by atoms with Gasteiger partial charge in [0.1, 0.15) is 0 Å². The molecule has 5 rings (SSSR count). The molecule has 1 amide bonds. The number of benzene rings is 2. The van der Waals surface area contributed by atoms with E-state index in [0.717, 1.165) is 31.2 Å². The number of ether oxygens (including phenoxy) is 2. The van der Waals surface area contributed by atoms with Gasteiger partial charge >= 0.3 is 6.29 Å². The smallest absolute Gasteiger partial charge is 0.395 e. The molecular formula is C25H24F2N2O3. The molecule has 1 aromatic heterocycles. The quantitative estimate of drug-likeness (QED) is 0.534. The zero-order chi connectivity index (χ0) is 22.3. The highest BCUT2D eigenvalue weighted by molar-refractivity contribution is 5.93. The maximum Gasteiger partial charge on any atom is 0.586 e. The van der Waals surface area contributed by atoms with E-state index in [1.807, 2.05) is 31.3 Å². The van der Waals surface area contributed by atoms with Gasteiger partial charge < -0.3 is 14.8 Å². The Morgan fingerprint density at radius 2 is 1.81 bits per heavy atom. The Kier molecular flexibility index (Phi) is 5.19. The Morgan fingerprint density at radius 1 is 1.06 bits per heavy atom. The molecule has 166 valence electrons. The van der Waals surface area contributed by atoms with Crippen LogP contribution < -0.4 is 14.8 Å². The standard InChI is InChI=1S/C25H24F2N2O3/c1-15(24(30)29-18-10-11-22-23(14-18)32-25(26,27)31-22)16-6-8-17(9-7-16)19-12-13-28-21-5-3-2-4-20(19)21/h2-5,10-17H,6-9H2,1H3,(H,29,30)/t15-,16-,17-/m1/s1. The lowest BCUT2D eigenvalue weighted by atomic mass is 9.73. The van der Waals surface area contributed by atoms with Gasteiger partial charge in [-0.15, -0.1) is 8.78 Å². The number of anilines is 1. The molecule has 0 spiro atoms. The summed E-state index contributed by atoms with van der Waals surface area (Å²) in [6.45, 7) is 1.93. The second-order valence-electron chi connectivity index (χ2n) is 8.64. The number of carbonyl (C=O) groups is 1. The largest absolute Gasteiger partial charge is 0.586 e. The predicted octanol–water partition coefficient (Wildman–Crippen LogP) is 6.10. The predicted molar refractivity (Wildman–Crippen MR) is 117 cm³/mol. The number of halogens is 2. The van der Waals surface area contributed by atoms with Crippen LogP contribution in [-0.2, 0) is 4.79 Å². The van der Waals surface area contributed by atoms with Gasteiger partial charge in [0, 0.05) is 29.3 Å². The summed E-state index contributed by atoms with van der Waals surface area (Å²) in [6.07, 6.45) is 2.18. The third-order valence-electron chi connectivity index (χ3n) is 6.68. The van der Waals surface area contributed by atoms with E-state index >= 15 is 0 Å². The number of aromatic nitrogens is 1. The van der Waals surface area contributed by atoms with Gasteiger partial charge in [0.15, 0.2) is 11.5 Å². The van der Waals surface area contributed by atoms with E-state index in [0.29, 0.717) is 11.6 Å². The molecule has 2 heterocycles. The van der Waals surface area contributed by atoms with Gasteiger partial charge in [-0.1, -0.05) is 25.1 Å². The van der Waals surface area contributed by atoms with Crippen molar-refractivity contribution in [2.75, 3.05) is 5.32 Å². The summed E-state index contributed by atoms with van der Waals surface area (Å²) >= 11 is 0. The first kappa shape index (κ1) is 20.7. The third kappa shape index (κ3) is 3.99. The lowest BCUT2D eigenvalue weighted by Gasteiger charge is -2.32. The maximum atomic E-state index is 13.2. The summed E-state index contributed by atoms with van der Waals surface area (Å²) in [6, 6.07) is 14.6. The highest BCUT2D eigenvalue weighted by Crippen LogP contribution is 2.43. The molecule has 5 nitrogen and oxygen atoms in total. The fourth-order valence-electron chi connectivity index (χ4n) is 4.90. The number of fused-ring (bicyclic) bond motifs is 2. The average Bonchev–Trinajstić information content (AvgIpc) is 3.11. The molecule has 0 radical (unpaired) electrons. The van der Waals surface area contributed by atoms with Gasteiger partial charge in [-0.3, -0.25) is 9.78 Å². The number of carbonyl (C=O) groups excluding carboxylic acids is 1. The number of hydrogen-bond donors (Lipinski definition) is 1. The Morgan fingerprint density at radius 3 is 2.62 bits per heavy atom. The van der Waals surface area contributed by atoms with Crippen molar-refractivity contribution >= 4 is 22.5 Å². The van der Waals surface area contributed by atoms with Crippen molar-refractivity contribution in [2.45, 2.75) is 44.8 Å². The Balaban J connectivity index is 1.21. The van der Waals surface area contributed by atoms with E-state index in [2.05, 4.69) is 31.9 Å². The van der Waals surface area contributed by atoms with Crippen LogP contribution in [0.15, 0.2) is 54.7 Å². The zero-order valence-corrected chi connectivity index (χ0v) is 17.7. The first-order chi connectivity index (χ1) is 15.4. The number of para-hydroxylation sites is 1. The highest BCUT2D eigenvalue weighted by Gasteiger charge is 2.43. The van der Waals surface area contributed by atoms with Gasteiger partial charge in [-0.05, 0) is 67.3 Å². The molecule has 1 fully saturated rings. The number of hydrogen-bond acceptors (Lipinski definition) is 4. The number of alkyl halides is 2. The third-order valence-corrected chi connectivity index (χ3v) is 6.68. The van der Waals surface area contributed by atoms with Crippen LogP contribution in [-0.4, -0.2) is 17.2 Å². The molecule has 2 aliphatic rings. The van der Waals surface area contributed by atoms with Crippen LogP contribution >= 0.6 is 0 Å². The van der Waals surface area contributed by atoms with Crippen LogP contribution in [0.5, 0.6) is 11.5 Å². The lowest BCUT2D eigenvalue weighted by Crippen LogP contribution is -2.29. The molecule has 1 atom stereocenters. The summed E-state index contributed by atoms with van der Waals surface area (Å²) in [5, 5.41) is 4.04. The second kappa shape index (κ2) is 8.04. The number of rotatable bonds is 4. The number of nitrogens with one attached hydrogen (secondary N) is 1. The van der Waals surface area contributed by atoms with E-state index in [1.54, 1.807) is 6.07 Å². The van der Waals surface area contributed by atoms with Crippen molar-refractivity contribution in [3.63, 3.8) is 0 Å². The summed E-state index contributed by atoms with van der Waals surface area (Å²) in [5.41, 5.74) is 2.77. The van der Waals surface area contributed by atoms with Gasteiger partial charge in [0.25, 0.3) is 0 Å². The molecular weight excluding hydrogens is 414 g/mol. The fraction of sp³-hybridized carbons (Fsp3) is 0.360. The zero-order valence-electron chi connectivity index (χ0n) is 17.7. The number of nitrogens with zero attached hydrogens (tertiary/aromatic N) is 1. The van der Waals surface area contributed by atoms with Crippen LogP contribution in [0.4, 0.5) is 14.5 Å². The molecule has 1 aliphatic heterocycles. The molecule has 0 saturated heterocycles. The Hall–Kier alpha value is -3.22. The molecule has 1 N–H and O–H groups in total. The molecule has 0 bridgehead atoms.